The lowest BCUT2D eigenvalue weighted by atomic mass is 9.93. The Hall–Kier alpha value is -3.29. The molecule has 146 valence electrons. The first-order valence-corrected chi connectivity index (χ1v) is 8.49. The van der Waals surface area contributed by atoms with Crippen LogP contribution in [-0.2, 0) is 4.79 Å². The predicted molar refractivity (Wildman–Crippen MR) is 96.6 cm³/mol. The van der Waals surface area contributed by atoms with E-state index in [1.807, 2.05) is 0 Å². The van der Waals surface area contributed by atoms with Crippen LogP contribution in [0.3, 0.4) is 0 Å². The molecule has 3 rings (SSSR count). The van der Waals surface area contributed by atoms with Crippen LogP contribution in [0.5, 0.6) is 5.75 Å². The van der Waals surface area contributed by atoms with Crippen LogP contribution < -0.4 is 5.73 Å². The van der Waals surface area contributed by atoms with Crippen LogP contribution in [0.15, 0.2) is 30.3 Å². The fraction of sp³-hybridized carbons (Fsp3) is 0.200. The molecular weight excluding hydrogens is 373 g/mol. The summed E-state index contributed by atoms with van der Waals surface area (Å²) in [6, 6.07) is 4.73. The second-order valence-corrected chi connectivity index (χ2v) is 6.45. The zero-order valence-corrected chi connectivity index (χ0v) is 15.1. The van der Waals surface area contributed by atoms with Crippen LogP contribution in [0.2, 0.25) is 0 Å². The highest BCUT2D eigenvalue weighted by molar-refractivity contribution is 6.05. The zero-order valence-electron chi connectivity index (χ0n) is 15.1. The van der Waals surface area contributed by atoms with E-state index in [9.17, 15) is 27.9 Å². The van der Waals surface area contributed by atoms with Gasteiger partial charge in [0.2, 0.25) is 5.91 Å². The Morgan fingerprint density at radius 1 is 1.11 bits per heavy atom. The first kappa shape index (κ1) is 19.5. The zero-order chi connectivity index (χ0) is 20.7. The van der Waals surface area contributed by atoms with Gasteiger partial charge in [-0.1, -0.05) is 6.92 Å². The highest BCUT2D eigenvalue weighted by Crippen LogP contribution is 2.37. The maximum atomic E-state index is 14.0. The molecule has 1 amide bonds. The summed E-state index contributed by atoms with van der Waals surface area (Å²) in [6.07, 6.45) is 0.312. The Labute approximate surface area is 158 Å². The van der Waals surface area contributed by atoms with E-state index in [2.05, 4.69) is 0 Å². The average molecular weight is 390 g/mol. The summed E-state index contributed by atoms with van der Waals surface area (Å²) in [7, 11) is 0. The molecule has 0 fully saturated rings. The van der Waals surface area contributed by atoms with Crippen molar-refractivity contribution in [2.24, 2.45) is 5.73 Å². The van der Waals surface area contributed by atoms with Gasteiger partial charge in [-0.05, 0) is 43.2 Å². The number of rotatable bonds is 4. The van der Waals surface area contributed by atoms with Crippen molar-refractivity contribution in [2.45, 2.75) is 26.2 Å². The van der Waals surface area contributed by atoms with Gasteiger partial charge in [-0.15, -0.1) is 0 Å². The number of halogens is 3. The van der Waals surface area contributed by atoms with E-state index in [1.165, 1.54) is 6.92 Å². The monoisotopic (exact) mass is 390 g/mol. The third-order valence-electron chi connectivity index (χ3n) is 4.79. The number of aromatic hydroxyl groups is 1. The number of phenolic OH excluding ortho intramolecular Hbond substituents is 1. The van der Waals surface area contributed by atoms with Gasteiger partial charge < -0.3 is 10.8 Å². The SMILES string of the molecule is CCC(C(N)=O)c1c(C)n(C(=O)c2ccc(F)c(F)c2)c2cc(F)c(O)cc12. The smallest absolute Gasteiger partial charge is 0.262 e. The largest absolute Gasteiger partial charge is 0.505 e. The van der Waals surface area contributed by atoms with Crippen LogP contribution in [0.25, 0.3) is 10.9 Å². The topological polar surface area (TPSA) is 85.3 Å². The molecule has 28 heavy (non-hydrogen) atoms. The summed E-state index contributed by atoms with van der Waals surface area (Å²) >= 11 is 0. The van der Waals surface area contributed by atoms with Gasteiger partial charge in [0, 0.05) is 22.7 Å². The quantitative estimate of drug-likeness (QED) is 0.712. The third kappa shape index (κ3) is 3.00. The Morgan fingerprint density at radius 3 is 2.36 bits per heavy atom. The number of nitrogens with two attached hydrogens (primary N) is 1. The lowest BCUT2D eigenvalue weighted by Gasteiger charge is -2.12. The number of carbonyl (C=O) groups excluding carboxylic acids is 2. The van der Waals surface area contributed by atoms with Crippen molar-refractivity contribution in [3.8, 4) is 5.75 Å². The second-order valence-electron chi connectivity index (χ2n) is 6.45. The molecule has 0 spiro atoms. The van der Waals surface area contributed by atoms with E-state index in [0.717, 1.165) is 34.9 Å². The third-order valence-corrected chi connectivity index (χ3v) is 4.79. The van der Waals surface area contributed by atoms with E-state index in [4.69, 9.17) is 5.73 Å². The second kappa shape index (κ2) is 7.03. The van der Waals surface area contributed by atoms with Crippen LogP contribution >= 0.6 is 0 Å². The van der Waals surface area contributed by atoms with Crippen molar-refractivity contribution >= 4 is 22.7 Å². The normalized spacial score (nSPS) is 12.3. The maximum absolute atomic E-state index is 14.0. The molecule has 0 saturated heterocycles. The van der Waals surface area contributed by atoms with Crippen molar-refractivity contribution in [3.63, 3.8) is 0 Å². The summed E-state index contributed by atoms with van der Waals surface area (Å²) in [5, 5.41) is 10.1. The Bertz CT molecular complexity index is 1120. The minimum Gasteiger partial charge on any atom is -0.505 e. The lowest BCUT2D eigenvalue weighted by Crippen LogP contribution is -2.22. The number of phenols is 1. The van der Waals surface area contributed by atoms with Gasteiger partial charge >= 0.3 is 0 Å². The molecule has 3 aromatic rings. The Morgan fingerprint density at radius 2 is 1.79 bits per heavy atom. The molecular formula is C20H17F3N2O3. The van der Waals surface area contributed by atoms with Gasteiger partial charge in [0.1, 0.15) is 0 Å². The molecule has 1 aromatic heterocycles. The molecule has 0 radical (unpaired) electrons. The first-order valence-electron chi connectivity index (χ1n) is 8.49. The van der Waals surface area contributed by atoms with Gasteiger partial charge in [-0.25, -0.2) is 13.2 Å². The molecule has 0 bridgehead atoms. The van der Waals surface area contributed by atoms with Crippen molar-refractivity contribution in [3.05, 3.63) is 64.6 Å². The summed E-state index contributed by atoms with van der Waals surface area (Å²) in [6.45, 7) is 3.26. The van der Waals surface area contributed by atoms with Gasteiger partial charge in [0.15, 0.2) is 23.2 Å². The van der Waals surface area contributed by atoms with Crippen LogP contribution in [-0.4, -0.2) is 21.5 Å². The first-order chi connectivity index (χ1) is 13.2. The number of hydrogen-bond donors (Lipinski definition) is 2. The van der Waals surface area contributed by atoms with Gasteiger partial charge in [0.25, 0.3) is 5.91 Å². The number of carbonyl (C=O) groups is 2. The van der Waals surface area contributed by atoms with Crippen molar-refractivity contribution in [2.75, 3.05) is 0 Å². The molecule has 1 unspecified atom stereocenters. The van der Waals surface area contributed by atoms with E-state index >= 15 is 0 Å². The number of benzene rings is 2. The molecule has 8 heteroatoms. The van der Waals surface area contributed by atoms with Gasteiger partial charge in [-0.2, -0.15) is 0 Å². The number of hydrogen-bond acceptors (Lipinski definition) is 3. The number of fused-ring (bicyclic) bond motifs is 1. The number of primary amides is 1. The van der Waals surface area contributed by atoms with E-state index < -0.39 is 40.9 Å². The fourth-order valence-corrected chi connectivity index (χ4v) is 3.46. The molecule has 1 heterocycles. The highest BCUT2D eigenvalue weighted by Gasteiger charge is 2.28. The maximum Gasteiger partial charge on any atom is 0.262 e. The summed E-state index contributed by atoms with van der Waals surface area (Å²) < 4.78 is 41.9. The van der Waals surface area contributed by atoms with Crippen molar-refractivity contribution < 1.29 is 27.9 Å². The molecule has 0 aliphatic rings. The fourth-order valence-electron chi connectivity index (χ4n) is 3.46. The van der Waals surface area contributed by atoms with Crippen molar-refractivity contribution in [1.29, 1.82) is 0 Å². The van der Waals surface area contributed by atoms with Gasteiger partial charge in [0.05, 0.1) is 11.4 Å². The van der Waals surface area contributed by atoms with Gasteiger partial charge in [-0.3, -0.25) is 14.2 Å². The standard InChI is InChI=1S/C20H17F3N2O3/c1-3-11(19(24)27)18-9(2)25(16-8-15(23)17(26)7-12(16)18)20(28)10-4-5-13(21)14(22)6-10/h4-8,11,26H,3H2,1-2H3,(H2,24,27). The predicted octanol–water partition coefficient (Wildman–Crippen LogP) is 3.74. The lowest BCUT2D eigenvalue weighted by molar-refractivity contribution is -0.119. The highest BCUT2D eigenvalue weighted by atomic mass is 19.2. The van der Waals surface area contributed by atoms with Crippen molar-refractivity contribution in [1.82, 2.24) is 4.57 Å². The van der Waals surface area contributed by atoms with E-state index in [0.29, 0.717) is 17.7 Å². The van der Waals surface area contributed by atoms with E-state index in [-0.39, 0.29) is 16.5 Å². The summed E-state index contributed by atoms with van der Waals surface area (Å²) in [4.78, 5) is 24.9. The van der Waals surface area contributed by atoms with Crippen LogP contribution in [0, 0.1) is 24.4 Å². The minimum atomic E-state index is -1.20. The summed E-state index contributed by atoms with van der Waals surface area (Å²) in [5.74, 6) is -6.10. The molecule has 1 atom stereocenters. The number of aromatic nitrogens is 1. The Balaban J connectivity index is 2.34. The minimum absolute atomic E-state index is 0.0808. The Kier molecular flexibility index (Phi) is 4.89. The van der Waals surface area contributed by atoms with Crippen LogP contribution in [0.1, 0.15) is 40.9 Å². The number of nitrogens with zero attached hydrogens (tertiary/aromatic N) is 1. The molecule has 0 saturated carbocycles. The molecule has 0 aliphatic carbocycles. The van der Waals surface area contributed by atoms with E-state index in [1.54, 1.807) is 6.92 Å². The molecule has 2 aromatic carbocycles. The molecule has 3 N–H and O–H groups in total. The molecule has 0 aliphatic heterocycles. The molecule has 5 nitrogen and oxygen atoms in total. The average Bonchev–Trinajstić information content (AvgIpc) is 2.89. The summed E-state index contributed by atoms with van der Waals surface area (Å²) in [5.41, 5.74) is 6.06. The van der Waals surface area contributed by atoms with Crippen LogP contribution in [0.4, 0.5) is 13.2 Å². The number of amides is 1.